The second-order valence-electron chi connectivity index (χ2n) is 11.8. The van der Waals surface area contributed by atoms with Crippen LogP contribution in [-0.4, -0.2) is 65.9 Å². The minimum absolute atomic E-state index is 0.298. The second kappa shape index (κ2) is 10.9. The number of carbonyl (C=O) groups excluding carboxylic acids is 4. The van der Waals surface area contributed by atoms with Gasteiger partial charge in [-0.25, -0.2) is 8.42 Å². The van der Waals surface area contributed by atoms with Gasteiger partial charge in [-0.1, -0.05) is 25.0 Å². The molecule has 2 saturated carbocycles. The normalized spacial score (nSPS) is 30.2. The molecule has 0 aromatic carbocycles. The summed E-state index contributed by atoms with van der Waals surface area (Å²) in [6.45, 7) is 3.89. The molecule has 3 fully saturated rings. The second-order valence-corrected chi connectivity index (χ2v) is 15.3. The van der Waals surface area contributed by atoms with Gasteiger partial charge >= 0.3 is 0 Å². The van der Waals surface area contributed by atoms with E-state index in [1.54, 1.807) is 13.0 Å². The Labute approximate surface area is 239 Å². The third kappa shape index (κ3) is 5.70. The van der Waals surface area contributed by atoms with Gasteiger partial charge in [0.05, 0.1) is 9.62 Å². The Morgan fingerprint density at radius 2 is 1.88 bits per heavy atom. The van der Waals surface area contributed by atoms with Gasteiger partial charge < -0.3 is 15.5 Å². The predicted octanol–water partition coefficient (Wildman–Crippen LogP) is 2.54. The zero-order valence-electron chi connectivity index (χ0n) is 23.0. The fourth-order valence-corrected chi connectivity index (χ4v) is 7.74. The van der Waals surface area contributed by atoms with Crippen LogP contribution >= 0.6 is 11.3 Å². The molecule has 0 radical (unpaired) electrons. The SMILES string of the molecule is Cc1ccc(C(=O)NC2CCCCCC=CC3CC3(C(=O)NS(=O)(=O)C3(C)CC3)NC(=O)C3CCCN3C2=O)s1. The van der Waals surface area contributed by atoms with E-state index in [0.717, 1.165) is 30.6 Å². The lowest BCUT2D eigenvalue weighted by Crippen LogP contribution is -2.58. The Balaban J connectivity index is 1.36. The summed E-state index contributed by atoms with van der Waals surface area (Å²) in [5.74, 6) is -2.13. The zero-order chi connectivity index (χ0) is 28.7. The molecule has 5 rings (SSSR count). The maximum atomic E-state index is 13.8. The van der Waals surface area contributed by atoms with Gasteiger partial charge in [0.15, 0.2) is 0 Å². The lowest BCUT2D eigenvalue weighted by atomic mass is 10.0. The van der Waals surface area contributed by atoms with Crippen molar-refractivity contribution in [1.29, 1.82) is 0 Å². The molecule has 2 aliphatic carbocycles. The van der Waals surface area contributed by atoms with E-state index in [1.807, 2.05) is 25.1 Å². The third-order valence-electron chi connectivity index (χ3n) is 8.73. The number of nitrogens with zero attached hydrogens (tertiary/aromatic N) is 1. The van der Waals surface area contributed by atoms with Crippen LogP contribution in [0.5, 0.6) is 0 Å². The molecule has 2 aliphatic heterocycles. The molecule has 3 N–H and O–H groups in total. The summed E-state index contributed by atoms with van der Waals surface area (Å²) in [4.78, 5) is 56.8. The molecule has 10 nitrogen and oxygen atoms in total. The van der Waals surface area contributed by atoms with E-state index < -0.39 is 44.2 Å². The number of aryl methyl sites for hydroxylation is 1. The van der Waals surface area contributed by atoms with Crippen molar-refractivity contribution < 1.29 is 27.6 Å². The molecule has 4 unspecified atom stereocenters. The summed E-state index contributed by atoms with van der Waals surface area (Å²) in [6, 6.07) is 2.04. The number of carbonyl (C=O) groups is 4. The molecule has 1 aromatic heterocycles. The van der Waals surface area contributed by atoms with Crippen LogP contribution < -0.4 is 15.4 Å². The van der Waals surface area contributed by atoms with Crippen LogP contribution in [0.3, 0.4) is 0 Å². The monoisotopic (exact) mass is 590 g/mol. The van der Waals surface area contributed by atoms with Crippen LogP contribution in [0.25, 0.3) is 0 Å². The van der Waals surface area contributed by atoms with Crippen molar-refractivity contribution in [3.63, 3.8) is 0 Å². The van der Waals surface area contributed by atoms with Crippen LogP contribution in [0.2, 0.25) is 0 Å². The lowest BCUT2D eigenvalue weighted by Gasteiger charge is -2.30. The van der Waals surface area contributed by atoms with Crippen molar-refractivity contribution in [3.05, 3.63) is 34.0 Å². The molecule has 12 heteroatoms. The summed E-state index contributed by atoms with van der Waals surface area (Å²) in [6.07, 6.45) is 9.88. The standard InChI is InChI=1S/C28H38N4O6S2/c1-18-12-13-22(39-18)24(34)29-20-10-7-5-3-4-6-9-19-17-28(19,26(36)31-40(37,38)27(2)14-15-27)30-23(33)21-11-8-16-32(21)25(20)35/h6,9,12-13,19-21H,3-5,7-8,10-11,14-17H2,1-2H3,(H,29,34)(H,30,33)(H,31,36). The number of hydrogen-bond acceptors (Lipinski definition) is 7. The van der Waals surface area contributed by atoms with Gasteiger partial charge in [0.2, 0.25) is 21.8 Å². The topological polar surface area (TPSA) is 142 Å². The molecule has 0 spiro atoms. The molecule has 4 atom stereocenters. The van der Waals surface area contributed by atoms with Crippen LogP contribution in [0.1, 0.15) is 85.7 Å². The molecule has 40 heavy (non-hydrogen) atoms. The van der Waals surface area contributed by atoms with Gasteiger partial charge in [-0.2, -0.15) is 0 Å². The highest BCUT2D eigenvalue weighted by molar-refractivity contribution is 7.91. The van der Waals surface area contributed by atoms with Crippen molar-refractivity contribution in [2.75, 3.05) is 6.54 Å². The fraction of sp³-hybridized carbons (Fsp3) is 0.643. The molecule has 4 amide bonds. The zero-order valence-corrected chi connectivity index (χ0v) is 24.7. The van der Waals surface area contributed by atoms with Crippen molar-refractivity contribution in [1.82, 2.24) is 20.3 Å². The Hall–Kier alpha value is -2.73. The number of rotatable bonds is 5. The molecule has 4 aliphatic rings. The van der Waals surface area contributed by atoms with E-state index in [-0.39, 0.29) is 17.7 Å². The number of fused-ring (bicyclic) bond motifs is 2. The molecule has 218 valence electrons. The lowest BCUT2D eigenvalue weighted by molar-refractivity contribution is -0.141. The first kappa shape index (κ1) is 28.8. The molecular formula is C28H38N4O6S2. The first-order valence-corrected chi connectivity index (χ1v) is 16.5. The van der Waals surface area contributed by atoms with Crippen LogP contribution in [0.4, 0.5) is 0 Å². The Bertz CT molecular complexity index is 1330. The average molecular weight is 591 g/mol. The van der Waals surface area contributed by atoms with Gasteiger partial charge in [-0.05, 0) is 77.3 Å². The maximum Gasteiger partial charge on any atom is 0.262 e. The van der Waals surface area contributed by atoms with Gasteiger partial charge in [0, 0.05) is 17.3 Å². The van der Waals surface area contributed by atoms with E-state index >= 15 is 0 Å². The first-order valence-electron chi connectivity index (χ1n) is 14.2. The van der Waals surface area contributed by atoms with E-state index in [2.05, 4.69) is 15.4 Å². The van der Waals surface area contributed by atoms with Crippen molar-refractivity contribution >= 4 is 45.0 Å². The number of allylic oxidation sites excluding steroid dienone is 1. The van der Waals surface area contributed by atoms with E-state index in [4.69, 9.17) is 0 Å². The summed E-state index contributed by atoms with van der Waals surface area (Å²) in [5, 5.41) is 5.77. The van der Waals surface area contributed by atoms with Crippen LogP contribution in [0, 0.1) is 12.8 Å². The van der Waals surface area contributed by atoms with Gasteiger partial charge in [-0.15, -0.1) is 11.3 Å². The minimum Gasteiger partial charge on any atom is -0.340 e. The predicted molar refractivity (Wildman–Crippen MR) is 151 cm³/mol. The van der Waals surface area contributed by atoms with Crippen LogP contribution in [0.15, 0.2) is 24.3 Å². The largest absolute Gasteiger partial charge is 0.340 e. The Morgan fingerprint density at radius 1 is 1.10 bits per heavy atom. The summed E-state index contributed by atoms with van der Waals surface area (Å²) >= 11 is 1.36. The van der Waals surface area contributed by atoms with E-state index in [0.29, 0.717) is 49.9 Å². The maximum absolute atomic E-state index is 13.8. The van der Waals surface area contributed by atoms with Crippen LogP contribution in [-0.2, 0) is 24.4 Å². The van der Waals surface area contributed by atoms with Crippen molar-refractivity contribution in [2.24, 2.45) is 5.92 Å². The number of hydrogen-bond donors (Lipinski definition) is 3. The number of thiophene rings is 1. The Kier molecular flexibility index (Phi) is 7.86. The highest BCUT2D eigenvalue weighted by Crippen LogP contribution is 2.47. The summed E-state index contributed by atoms with van der Waals surface area (Å²) in [7, 11) is -3.88. The fourth-order valence-electron chi connectivity index (χ4n) is 5.66. The van der Waals surface area contributed by atoms with E-state index in [1.165, 1.54) is 16.2 Å². The Morgan fingerprint density at radius 3 is 2.58 bits per heavy atom. The molecule has 1 aromatic rings. The molecule has 0 bridgehead atoms. The van der Waals surface area contributed by atoms with Gasteiger partial charge in [0.1, 0.15) is 17.6 Å². The van der Waals surface area contributed by atoms with Crippen molar-refractivity contribution in [3.8, 4) is 0 Å². The highest BCUT2D eigenvalue weighted by Gasteiger charge is 2.62. The van der Waals surface area contributed by atoms with E-state index in [9.17, 15) is 27.6 Å². The number of sulfonamides is 1. The highest BCUT2D eigenvalue weighted by atomic mass is 32.2. The smallest absolute Gasteiger partial charge is 0.262 e. The number of nitrogens with one attached hydrogen (secondary N) is 3. The van der Waals surface area contributed by atoms with Gasteiger partial charge in [0.25, 0.3) is 11.8 Å². The van der Waals surface area contributed by atoms with Crippen molar-refractivity contribution in [2.45, 2.75) is 100 Å². The molecular weight excluding hydrogens is 552 g/mol. The quantitative estimate of drug-likeness (QED) is 0.450. The van der Waals surface area contributed by atoms with Gasteiger partial charge in [-0.3, -0.25) is 23.9 Å². The summed E-state index contributed by atoms with van der Waals surface area (Å²) < 4.78 is 26.9. The third-order valence-corrected chi connectivity index (χ3v) is 11.9. The number of amides is 4. The first-order chi connectivity index (χ1) is 19.0. The minimum atomic E-state index is -3.88. The average Bonchev–Trinajstić information content (AvgIpc) is 3.66. The summed E-state index contributed by atoms with van der Waals surface area (Å²) in [5.41, 5.74) is -1.37. The molecule has 3 heterocycles. The molecule has 1 saturated heterocycles.